The summed E-state index contributed by atoms with van der Waals surface area (Å²) in [6.45, 7) is 4.42. The average Bonchev–Trinajstić information content (AvgIpc) is 3.20. The molecule has 4 aliphatic rings. The summed E-state index contributed by atoms with van der Waals surface area (Å²) in [7, 11) is 0. The maximum absolute atomic E-state index is 13.2. The maximum atomic E-state index is 13.2. The minimum absolute atomic E-state index is 0.00571. The van der Waals surface area contributed by atoms with E-state index in [0.29, 0.717) is 18.3 Å². The van der Waals surface area contributed by atoms with Crippen molar-refractivity contribution in [3.8, 4) is 0 Å². The Labute approximate surface area is 147 Å². The van der Waals surface area contributed by atoms with E-state index in [1.807, 2.05) is 0 Å². The Balaban J connectivity index is 1.58. The van der Waals surface area contributed by atoms with Gasteiger partial charge in [-0.3, -0.25) is 0 Å². The lowest BCUT2D eigenvalue weighted by Gasteiger charge is -2.47. The fourth-order valence-electron chi connectivity index (χ4n) is 5.58. The van der Waals surface area contributed by atoms with Gasteiger partial charge in [0.1, 0.15) is 11.9 Å². The van der Waals surface area contributed by atoms with Crippen molar-refractivity contribution in [2.45, 2.75) is 63.3 Å². The van der Waals surface area contributed by atoms with Crippen molar-refractivity contribution >= 4 is 5.97 Å². The lowest BCUT2D eigenvalue weighted by atomic mass is 9.58. The third-order valence-corrected chi connectivity index (χ3v) is 6.95. The Bertz CT molecular complexity index is 783. The summed E-state index contributed by atoms with van der Waals surface area (Å²) in [6.07, 6.45) is 4.61. The second-order valence-corrected chi connectivity index (χ2v) is 8.41. The molecule has 0 bridgehead atoms. The van der Waals surface area contributed by atoms with E-state index >= 15 is 0 Å². The number of carbonyl (C=O) groups is 1. The second kappa shape index (κ2) is 4.94. The van der Waals surface area contributed by atoms with Gasteiger partial charge in [0.2, 0.25) is 0 Å². The Morgan fingerprint density at radius 1 is 1.24 bits per heavy atom. The Morgan fingerprint density at radius 3 is 2.76 bits per heavy atom. The van der Waals surface area contributed by atoms with Crippen LogP contribution in [0.4, 0.5) is 4.39 Å². The summed E-state index contributed by atoms with van der Waals surface area (Å²) < 4.78 is 25.4. The van der Waals surface area contributed by atoms with Crippen LogP contribution in [-0.4, -0.2) is 23.3 Å². The molecule has 0 aromatic heterocycles. The largest absolute Gasteiger partial charge is 0.448 e. The smallest absolute Gasteiger partial charge is 0.335 e. The monoisotopic (exact) mass is 342 g/mol. The summed E-state index contributed by atoms with van der Waals surface area (Å²) in [5, 5.41) is 0. The molecule has 2 aliphatic heterocycles. The summed E-state index contributed by atoms with van der Waals surface area (Å²) >= 11 is 0. The number of benzene rings is 1. The lowest BCUT2D eigenvalue weighted by molar-refractivity contribution is -0.159. The molecule has 5 atom stereocenters. The van der Waals surface area contributed by atoms with E-state index in [0.717, 1.165) is 36.8 Å². The third kappa shape index (κ3) is 2.03. The van der Waals surface area contributed by atoms with Gasteiger partial charge in [-0.2, -0.15) is 0 Å². The first-order valence-electron chi connectivity index (χ1n) is 9.32. The molecule has 4 heteroatoms. The van der Waals surface area contributed by atoms with Crippen LogP contribution in [0.3, 0.4) is 0 Å². The number of halogens is 1. The molecule has 132 valence electrons. The van der Waals surface area contributed by atoms with E-state index in [4.69, 9.17) is 9.47 Å². The van der Waals surface area contributed by atoms with Crippen LogP contribution in [-0.2, 0) is 20.7 Å². The molecular formula is C21H23FO3. The van der Waals surface area contributed by atoms with Crippen LogP contribution >= 0.6 is 0 Å². The van der Waals surface area contributed by atoms with Gasteiger partial charge < -0.3 is 9.47 Å². The number of ether oxygens (including phenoxy) is 2. The minimum atomic E-state index is -0.545. The number of esters is 1. The highest BCUT2D eigenvalue weighted by molar-refractivity contribution is 5.94. The van der Waals surface area contributed by atoms with E-state index < -0.39 is 5.60 Å². The van der Waals surface area contributed by atoms with Crippen LogP contribution in [0.1, 0.15) is 45.1 Å². The predicted molar refractivity (Wildman–Crippen MR) is 90.4 cm³/mol. The zero-order valence-corrected chi connectivity index (χ0v) is 14.7. The van der Waals surface area contributed by atoms with E-state index in [2.05, 4.69) is 13.8 Å². The van der Waals surface area contributed by atoms with E-state index in [1.54, 1.807) is 12.1 Å². The molecule has 2 heterocycles. The quantitative estimate of drug-likeness (QED) is 0.603. The van der Waals surface area contributed by atoms with Crippen molar-refractivity contribution in [3.63, 3.8) is 0 Å². The van der Waals surface area contributed by atoms with Crippen LogP contribution in [0.15, 0.2) is 35.4 Å². The van der Waals surface area contributed by atoms with Crippen molar-refractivity contribution in [2.75, 3.05) is 0 Å². The van der Waals surface area contributed by atoms with Crippen molar-refractivity contribution in [1.29, 1.82) is 0 Å². The maximum Gasteiger partial charge on any atom is 0.335 e. The average molecular weight is 342 g/mol. The molecule has 2 saturated carbocycles. The molecule has 3 fully saturated rings. The molecular weight excluding hydrogens is 319 g/mol. The predicted octanol–water partition coefficient (Wildman–Crippen LogP) is 3.96. The number of fused-ring (bicyclic) bond motifs is 1. The summed E-state index contributed by atoms with van der Waals surface area (Å²) in [6, 6.07) is 6.40. The Morgan fingerprint density at radius 2 is 2.00 bits per heavy atom. The van der Waals surface area contributed by atoms with Crippen molar-refractivity contribution in [1.82, 2.24) is 0 Å². The number of carbonyl (C=O) groups excluding carboxylic acids is 1. The Kier molecular flexibility index (Phi) is 3.08. The molecule has 2 aliphatic carbocycles. The molecule has 0 radical (unpaired) electrons. The van der Waals surface area contributed by atoms with Crippen LogP contribution in [0, 0.1) is 17.7 Å². The zero-order chi connectivity index (χ0) is 17.4. The van der Waals surface area contributed by atoms with Crippen molar-refractivity contribution < 1.29 is 18.7 Å². The molecule has 0 amide bonds. The SMILES string of the molecule is C[C@@H]1CCC2=C(Cc3ccc(F)cc3)C(=O)O[C@]23[C@H]1CC[C@@]1(C)O[C@@H]31. The van der Waals surface area contributed by atoms with Crippen LogP contribution in [0.25, 0.3) is 0 Å². The molecule has 5 rings (SSSR count). The first-order valence-corrected chi connectivity index (χ1v) is 9.32. The molecule has 0 unspecified atom stereocenters. The van der Waals surface area contributed by atoms with Crippen LogP contribution in [0.2, 0.25) is 0 Å². The highest BCUT2D eigenvalue weighted by Crippen LogP contribution is 2.65. The van der Waals surface area contributed by atoms with E-state index in [9.17, 15) is 9.18 Å². The highest BCUT2D eigenvalue weighted by atomic mass is 19.1. The van der Waals surface area contributed by atoms with Crippen molar-refractivity contribution in [2.24, 2.45) is 11.8 Å². The Hall–Kier alpha value is -1.68. The fraction of sp³-hybridized carbons (Fsp3) is 0.571. The number of epoxide rings is 1. The fourth-order valence-corrected chi connectivity index (χ4v) is 5.58. The first kappa shape index (κ1) is 15.6. The zero-order valence-electron chi connectivity index (χ0n) is 14.7. The van der Waals surface area contributed by atoms with Gasteiger partial charge in [-0.1, -0.05) is 19.1 Å². The molecule has 1 aromatic carbocycles. The van der Waals surface area contributed by atoms with E-state index in [1.165, 1.54) is 17.7 Å². The van der Waals surface area contributed by atoms with Gasteiger partial charge in [0.05, 0.1) is 5.60 Å². The van der Waals surface area contributed by atoms with Crippen LogP contribution < -0.4 is 0 Å². The minimum Gasteiger partial charge on any atom is -0.448 e. The van der Waals surface area contributed by atoms with Gasteiger partial charge in [-0.25, -0.2) is 9.18 Å². The summed E-state index contributed by atoms with van der Waals surface area (Å²) in [4.78, 5) is 12.8. The van der Waals surface area contributed by atoms with E-state index in [-0.39, 0.29) is 23.5 Å². The van der Waals surface area contributed by atoms with Gasteiger partial charge in [0.25, 0.3) is 0 Å². The molecule has 1 spiro atoms. The van der Waals surface area contributed by atoms with Crippen LogP contribution in [0.5, 0.6) is 0 Å². The first-order chi connectivity index (χ1) is 11.9. The normalized spacial score (nSPS) is 41.7. The molecule has 1 aromatic rings. The number of hydrogen-bond donors (Lipinski definition) is 0. The third-order valence-electron chi connectivity index (χ3n) is 6.95. The highest BCUT2D eigenvalue weighted by Gasteiger charge is 2.74. The molecule has 25 heavy (non-hydrogen) atoms. The number of rotatable bonds is 2. The summed E-state index contributed by atoms with van der Waals surface area (Å²) in [5.41, 5.74) is 2.21. The van der Waals surface area contributed by atoms with Gasteiger partial charge in [0, 0.05) is 17.9 Å². The lowest BCUT2D eigenvalue weighted by Crippen LogP contribution is -2.55. The van der Waals surface area contributed by atoms with Gasteiger partial charge in [-0.05, 0) is 61.8 Å². The molecule has 1 saturated heterocycles. The van der Waals surface area contributed by atoms with Gasteiger partial charge in [0.15, 0.2) is 5.60 Å². The second-order valence-electron chi connectivity index (χ2n) is 8.41. The van der Waals surface area contributed by atoms with Gasteiger partial charge >= 0.3 is 5.97 Å². The summed E-state index contributed by atoms with van der Waals surface area (Å²) in [5.74, 6) is 0.438. The number of hydrogen-bond acceptors (Lipinski definition) is 3. The van der Waals surface area contributed by atoms with Gasteiger partial charge in [-0.15, -0.1) is 0 Å². The molecule has 3 nitrogen and oxygen atoms in total. The standard InChI is InChI=1S/C21H23FO3/c1-12-3-8-17-15(11-13-4-6-14(22)7-5-13)18(23)24-21(17)16(12)9-10-20(2)19(21)25-20/h4-7,12,16,19H,3,8-11H2,1-2H3/t12-,16+,19-,20-,21-/m1/s1. The topological polar surface area (TPSA) is 38.8 Å². The van der Waals surface area contributed by atoms with Crippen molar-refractivity contribution in [3.05, 3.63) is 46.8 Å². The molecule has 0 N–H and O–H groups in total.